The molecule has 0 atom stereocenters. The molecule has 0 aromatic heterocycles. The summed E-state index contributed by atoms with van der Waals surface area (Å²) >= 11 is 0. The summed E-state index contributed by atoms with van der Waals surface area (Å²) in [6.07, 6.45) is 46.2. The van der Waals surface area contributed by atoms with E-state index in [1.807, 2.05) is 0 Å². The van der Waals surface area contributed by atoms with E-state index in [2.05, 4.69) is 40.2 Å². The molecular weight excluding hydrogens is 641 g/mol. The van der Waals surface area contributed by atoms with E-state index in [0.717, 1.165) is 44.6 Å². The van der Waals surface area contributed by atoms with Crippen LogP contribution in [0.2, 0.25) is 0 Å². The molecule has 5 nitrogen and oxygen atoms in total. The predicted molar refractivity (Wildman–Crippen MR) is 228 cm³/mol. The fraction of sp³-hybridized carbons (Fsp3) is 0.957. The standard InChI is InChI=1S/C47H94N2O3/c1-6-7-8-9-10-11-12-13-14-15-16-17-18-21-24-27-30-33-36-40-46(50)48-41-38-42-49(4,5)44-47(51)52-43-37-34-31-28-25-22-19-20-23-26-29-32-35-39-45(2)3/h45H,6-44H2,1-5H3/p+1. The van der Waals surface area contributed by atoms with Gasteiger partial charge in [-0.3, -0.25) is 4.79 Å². The monoisotopic (exact) mass is 736 g/mol. The van der Waals surface area contributed by atoms with Crippen molar-refractivity contribution in [2.45, 2.75) is 245 Å². The highest BCUT2D eigenvalue weighted by Crippen LogP contribution is 2.16. The van der Waals surface area contributed by atoms with E-state index in [0.29, 0.717) is 30.6 Å². The molecule has 1 amide bonds. The number of nitrogens with one attached hydrogen (secondary N) is 1. The zero-order valence-corrected chi connectivity index (χ0v) is 36.3. The summed E-state index contributed by atoms with van der Waals surface area (Å²) in [7, 11) is 4.16. The van der Waals surface area contributed by atoms with Gasteiger partial charge in [-0.25, -0.2) is 4.79 Å². The Kier molecular flexibility index (Phi) is 38.8. The molecule has 0 fully saturated rings. The van der Waals surface area contributed by atoms with Gasteiger partial charge in [-0.15, -0.1) is 0 Å². The quantitative estimate of drug-likeness (QED) is 0.0386. The third kappa shape index (κ3) is 41.7. The van der Waals surface area contributed by atoms with Crippen LogP contribution < -0.4 is 5.32 Å². The average molecular weight is 736 g/mol. The first kappa shape index (κ1) is 50.9. The molecule has 0 aliphatic carbocycles. The van der Waals surface area contributed by atoms with Crippen LogP contribution in [0.5, 0.6) is 0 Å². The van der Waals surface area contributed by atoms with E-state index in [-0.39, 0.29) is 11.9 Å². The number of unbranched alkanes of at least 4 members (excludes halogenated alkanes) is 30. The Bertz CT molecular complexity index is 753. The van der Waals surface area contributed by atoms with Gasteiger partial charge in [0.2, 0.25) is 5.91 Å². The van der Waals surface area contributed by atoms with Gasteiger partial charge < -0.3 is 14.5 Å². The van der Waals surface area contributed by atoms with Gasteiger partial charge in [0.25, 0.3) is 0 Å². The maximum Gasteiger partial charge on any atom is 0.361 e. The molecule has 1 N–H and O–H groups in total. The van der Waals surface area contributed by atoms with Gasteiger partial charge in [0.15, 0.2) is 6.54 Å². The molecule has 0 aliphatic rings. The lowest BCUT2D eigenvalue weighted by atomic mass is 10.0. The number of rotatable bonds is 42. The third-order valence-corrected chi connectivity index (χ3v) is 11.0. The topological polar surface area (TPSA) is 55.4 Å². The molecule has 0 spiro atoms. The number of quaternary nitrogens is 1. The second kappa shape index (κ2) is 39.6. The highest BCUT2D eigenvalue weighted by Gasteiger charge is 2.20. The van der Waals surface area contributed by atoms with Crippen LogP contribution in [-0.2, 0) is 14.3 Å². The minimum atomic E-state index is -0.0988. The van der Waals surface area contributed by atoms with Crippen molar-refractivity contribution in [1.82, 2.24) is 5.32 Å². The maximum absolute atomic E-state index is 12.4. The largest absolute Gasteiger partial charge is 0.462 e. The van der Waals surface area contributed by atoms with Gasteiger partial charge in [-0.1, -0.05) is 220 Å². The number of hydrogen-bond acceptors (Lipinski definition) is 3. The fourth-order valence-corrected chi connectivity index (χ4v) is 7.45. The van der Waals surface area contributed by atoms with Gasteiger partial charge in [0.1, 0.15) is 0 Å². The molecule has 52 heavy (non-hydrogen) atoms. The minimum Gasteiger partial charge on any atom is -0.462 e. The number of carbonyl (C=O) groups excluding carboxylic acids is 2. The lowest BCUT2D eigenvalue weighted by Crippen LogP contribution is -2.46. The first-order valence-electron chi connectivity index (χ1n) is 23.5. The lowest BCUT2D eigenvalue weighted by Gasteiger charge is -2.28. The fourth-order valence-electron chi connectivity index (χ4n) is 7.45. The molecule has 0 aliphatic heterocycles. The number of hydrogen-bond donors (Lipinski definition) is 1. The average Bonchev–Trinajstić information content (AvgIpc) is 3.10. The van der Waals surface area contributed by atoms with Gasteiger partial charge in [-0.2, -0.15) is 0 Å². The van der Waals surface area contributed by atoms with Crippen LogP contribution in [0.4, 0.5) is 0 Å². The molecule has 0 bridgehead atoms. The van der Waals surface area contributed by atoms with Crippen molar-refractivity contribution in [1.29, 1.82) is 0 Å². The summed E-state index contributed by atoms with van der Waals surface area (Å²) in [5.41, 5.74) is 0. The van der Waals surface area contributed by atoms with E-state index < -0.39 is 0 Å². The normalized spacial score (nSPS) is 11.8. The Morgan fingerprint density at radius 1 is 0.500 bits per heavy atom. The second-order valence-electron chi connectivity index (χ2n) is 17.6. The molecular formula is C47H95N2O3+. The number of nitrogens with zero attached hydrogens (tertiary/aromatic N) is 1. The SMILES string of the molecule is CCCCCCCCCCCCCCCCCCCCCC(=O)NCCC[N+](C)(C)CC(=O)OCCCCCCCCCCCCCCCC(C)C. The molecule has 310 valence electrons. The molecule has 0 saturated carbocycles. The zero-order chi connectivity index (χ0) is 38.2. The summed E-state index contributed by atoms with van der Waals surface area (Å²) in [6, 6.07) is 0. The van der Waals surface area contributed by atoms with Crippen LogP contribution in [0.25, 0.3) is 0 Å². The van der Waals surface area contributed by atoms with Crippen molar-refractivity contribution in [3.63, 3.8) is 0 Å². The highest BCUT2D eigenvalue weighted by atomic mass is 16.5. The Morgan fingerprint density at radius 2 is 0.865 bits per heavy atom. The van der Waals surface area contributed by atoms with Crippen LogP contribution >= 0.6 is 0 Å². The molecule has 0 aromatic carbocycles. The van der Waals surface area contributed by atoms with Gasteiger partial charge in [0, 0.05) is 19.4 Å². The van der Waals surface area contributed by atoms with Crippen LogP contribution in [0.15, 0.2) is 0 Å². The van der Waals surface area contributed by atoms with Crippen molar-refractivity contribution >= 4 is 11.9 Å². The molecule has 0 unspecified atom stereocenters. The number of likely N-dealkylation sites (N-methyl/N-ethyl adjacent to an activating group) is 1. The second-order valence-corrected chi connectivity index (χ2v) is 17.6. The van der Waals surface area contributed by atoms with Crippen molar-refractivity contribution in [3.05, 3.63) is 0 Å². The zero-order valence-electron chi connectivity index (χ0n) is 36.3. The van der Waals surface area contributed by atoms with Crippen molar-refractivity contribution in [2.75, 3.05) is 40.3 Å². The number of esters is 1. The number of amides is 1. The summed E-state index contributed by atoms with van der Waals surface area (Å²) in [5, 5.41) is 3.09. The van der Waals surface area contributed by atoms with Gasteiger partial charge in [-0.05, 0) is 18.8 Å². The van der Waals surface area contributed by atoms with Crippen molar-refractivity contribution in [3.8, 4) is 0 Å². The Morgan fingerprint density at radius 3 is 1.27 bits per heavy atom. The van der Waals surface area contributed by atoms with E-state index in [9.17, 15) is 9.59 Å². The van der Waals surface area contributed by atoms with Gasteiger partial charge in [0.05, 0.1) is 27.2 Å². The highest BCUT2D eigenvalue weighted by molar-refractivity contribution is 5.75. The van der Waals surface area contributed by atoms with Crippen LogP contribution in [0.3, 0.4) is 0 Å². The van der Waals surface area contributed by atoms with Crippen LogP contribution in [-0.4, -0.2) is 56.7 Å². The van der Waals surface area contributed by atoms with E-state index in [1.54, 1.807) is 0 Å². The first-order valence-corrected chi connectivity index (χ1v) is 23.5. The molecule has 0 saturated heterocycles. The van der Waals surface area contributed by atoms with Gasteiger partial charge >= 0.3 is 5.97 Å². The van der Waals surface area contributed by atoms with E-state index >= 15 is 0 Å². The van der Waals surface area contributed by atoms with Crippen LogP contribution in [0, 0.1) is 5.92 Å². The number of ether oxygens (including phenoxy) is 1. The van der Waals surface area contributed by atoms with E-state index in [1.165, 1.54) is 186 Å². The Balaban J connectivity index is 3.45. The third-order valence-electron chi connectivity index (χ3n) is 11.0. The Hall–Kier alpha value is -1.10. The summed E-state index contributed by atoms with van der Waals surface area (Å²) in [5.74, 6) is 0.936. The molecule has 0 radical (unpaired) electrons. The van der Waals surface area contributed by atoms with Crippen LogP contribution in [0.1, 0.15) is 245 Å². The predicted octanol–water partition coefficient (Wildman–Crippen LogP) is 14.1. The molecule has 5 heteroatoms. The number of carbonyl (C=O) groups is 2. The summed E-state index contributed by atoms with van der Waals surface area (Å²) in [6.45, 7) is 9.43. The smallest absolute Gasteiger partial charge is 0.361 e. The van der Waals surface area contributed by atoms with Crippen molar-refractivity contribution < 1.29 is 18.8 Å². The minimum absolute atomic E-state index is 0.0988. The molecule has 0 heterocycles. The summed E-state index contributed by atoms with van der Waals surface area (Å²) < 4.78 is 6.15. The maximum atomic E-state index is 12.4. The molecule has 0 rings (SSSR count). The Labute approximate surface area is 326 Å². The van der Waals surface area contributed by atoms with Crippen molar-refractivity contribution in [2.24, 2.45) is 5.92 Å². The lowest BCUT2D eigenvalue weighted by molar-refractivity contribution is -0.883. The van der Waals surface area contributed by atoms with E-state index in [4.69, 9.17) is 4.74 Å². The summed E-state index contributed by atoms with van der Waals surface area (Å²) in [4.78, 5) is 24.7. The first-order chi connectivity index (χ1) is 25.3. The molecule has 0 aromatic rings.